The summed E-state index contributed by atoms with van der Waals surface area (Å²) in [6, 6.07) is 1.88. The van der Waals surface area contributed by atoms with Gasteiger partial charge < -0.3 is 9.88 Å². The minimum atomic E-state index is -0.0219. The van der Waals surface area contributed by atoms with Crippen molar-refractivity contribution in [1.29, 1.82) is 0 Å². The maximum atomic E-state index is 11.9. The molecule has 1 amide bonds. The lowest BCUT2D eigenvalue weighted by molar-refractivity contribution is -0.117. The van der Waals surface area contributed by atoms with Crippen molar-refractivity contribution in [2.45, 2.75) is 32.2 Å². The van der Waals surface area contributed by atoms with E-state index in [0.29, 0.717) is 12.2 Å². The fourth-order valence-electron chi connectivity index (χ4n) is 1.92. The van der Waals surface area contributed by atoms with E-state index in [2.05, 4.69) is 27.4 Å². The summed E-state index contributed by atoms with van der Waals surface area (Å²) in [6.07, 6.45) is 9.40. The van der Waals surface area contributed by atoms with Crippen LogP contribution in [0.5, 0.6) is 0 Å². The molecule has 2 rings (SSSR count). The lowest BCUT2D eigenvalue weighted by Crippen LogP contribution is -2.19. The first-order chi connectivity index (χ1) is 8.79. The summed E-state index contributed by atoms with van der Waals surface area (Å²) in [5.74, 6) is 0.604. The number of carbonyl (C=O) groups excluding carboxylic acids is 1. The fraction of sp³-hybridized carbons (Fsp3) is 0.417. The monoisotopic (exact) mass is 247 g/mol. The molecule has 0 saturated heterocycles. The molecule has 0 aliphatic carbocycles. The summed E-state index contributed by atoms with van der Waals surface area (Å²) in [7, 11) is 0. The third-order valence-corrected chi connectivity index (χ3v) is 2.76. The van der Waals surface area contributed by atoms with E-state index in [0.717, 1.165) is 12.8 Å². The molecular weight excluding hydrogens is 230 g/mol. The van der Waals surface area contributed by atoms with Crippen molar-refractivity contribution in [3.8, 4) is 0 Å². The maximum Gasteiger partial charge on any atom is 0.227 e. The molecular formula is C12H17N5O. The normalized spacial score (nSPS) is 12.3. The van der Waals surface area contributed by atoms with Gasteiger partial charge in [0.2, 0.25) is 5.91 Å². The molecule has 6 heteroatoms. The standard InChI is InChI=1S/C12H17N5O/c1-2-3-10(17-7-6-13-9-17)8-12(18)15-11-4-5-14-16-11/h4-7,9-10H,2-3,8H2,1H3,(H2,14,15,16,18). The van der Waals surface area contributed by atoms with Crippen LogP contribution in [0.2, 0.25) is 0 Å². The molecule has 2 aromatic rings. The third-order valence-electron chi connectivity index (χ3n) is 2.76. The van der Waals surface area contributed by atoms with Gasteiger partial charge in [0.15, 0.2) is 0 Å². The second-order valence-corrected chi connectivity index (χ2v) is 4.18. The zero-order valence-corrected chi connectivity index (χ0v) is 10.3. The van der Waals surface area contributed by atoms with Crippen LogP contribution in [0, 0.1) is 0 Å². The molecule has 18 heavy (non-hydrogen) atoms. The molecule has 1 unspecified atom stereocenters. The van der Waals surface area contributed by atoms with Crippen LogP contribution < -0.4 is 5.32 Å². The van der Waals surface area contributed by atoms with E-state index in [1.54, 1.807) is 24.8 Å². The number of nitrogens with zero attached hydrogens (tertiary/aromatic N) is 3. The van der Waals surface area contributed by atoms with Crippen molar-refractivity contribution in [3.63, 3.8) is 0 Å². The van der Waals surface area contributed by atoms with Gasteiger partial charge >= 0.3 is 0 Å². The van der Waals surface area contributed by atoms with Crippen molar-refractivity contribution in [2.24, 2.45) is 0 Å². The highest BCUT2D eigenvalue weighted by Crippen LogP contribution is 2.18. The summed E-state index contributed by atoms with van der Waals surface area (Å²) in [5, 5.41) is 9.27. The van der Waals surface area contributed by atoms with E-state index in [-0.39, 0.29) is 11.9 Å². The van der Waals surface area contributed by atoms with Gasteiger partial charge in [0.05, 0.1) is 12.5 Å². The average molecular weight is 247 g/mol. The molecule has 0 radical (unpaired) electrons. The van der Waals surface area contributed by atoms with Crippen molar-refractivity contribution >= 4 is 11.7 Å². The Balaban J connectivity index is 1.94. The van der Waals surface area contributed by atoms with Gasteiger partial charge in [-0.05, 0) is 6.42 Å². The lowest BCUT2D eigenvalue weighted by Gasteiger charge is -2.16. The topological polar surface area (TPSA) is 75.6 Å². The Hall–Kier alpha value is -2.11. The van der Waals surface area contributed by atoms with E-state index in [9.17, 15) is 4.79 Å². The molecule has 1 atom stereocenters. The Morgan fingerprint density at radius 3 is 3.06 bits per heavy atom. The van der Waals surface area contributed by atoms with Crippen LogP contribution in [0.25, 0.3) is 0 Å². The Labute approximate surface area is 105 Å². The molecule has 0 saturated carbocycles. The second kappa shape index (κ2) is 6.00. The molecule has 0 aromatic carbocycles. The first-order valence-corrected chi connectivity index (χ1v) is 6.06. The molecule has 0 bridgehead atoms. The zero-order valence-electron chi connectivity index (χ0n) is 10.3. The van der Waals surface area contributed by atoms with Crippen LogP contribution in [0.15, 0.2) is 31.0 Å². The summed E-state index contributed by atoms with van der Waals surface area (Å²) in [5.41, 5.74) is 0. The number of aromatic amines is 1. The van der Waals surface area contributed by atoms with E-state index in [1.807, 2.05) is 10.8 Å². The molecule has 0 aliphatic rings. The van der Waals surface area contributed by atoms with Gasteiger partial charge in [-0.15, -0.1) is 0 Å². The van der Waals surface area contributed by atoms with E-state index in [1.165, 1.54) is 0 Å². The number of imidazole rings is 1. The number of amides is 1. The SMILES string of the molecule is CCCC(CC(=O)Nc1ccn[nH]1)n1ccnc1. The highest BCUT2D eigenvalue weighted by Gasteiger charge is 2.14. The second-order valence-electron chi connectivity index (χ2n) is 4.18. The van der Waals surface area contributed by atoms with Crippen LogP contribution in [-0.2, 0) is 4.79 Å². The van der Waals surface area contributed by atoms with Crippen molar-refractivity contribution in [2.75, 3.05) is 5.32 Å². The van der Waals surface area contributed by atoms with Gasteiger partial charge in [-0.1, -0.05) is 13.3 Å². The van der Waals surface area contributed by atoms with Gasteiger partial charge in [0.25, 0.3) is 0 Å². The summed E-state index contributed by atoms with van der Waals surface area (Å²) >= 11 is 0. The number of nitrogens with one attached hydrogen (secondary N) is 2. The molecule has 0 spiro atoms. The molecule has 0 aliphatic heterocycles. The predicted octanol–water partition coefficient (Wildman–Crippen LogP) is 1.98. The van der Waals surface area contributed by atoms with Gasteiger partial charge in [0, 0.05) is 30.9 Å². The van der Waals surface area contributed by atoms with Crippen LogP contribution in [-0.4, -0.2) is 25.7 Å². The smallest absolute Gasteiger partial charge is 0.227 e. The first kappa shape index (κ1) is 12.3. The molecule has 6 nitrogen and oxygen atoms in total. The number of aromatic nitrogens is 4. The number of H-pyrrole nitrogens is 1. The number of hydrogen-bond acceptors (Lipinski definition) is 3. The highest BCUT2D eigenvalue weighted by molar-refractivity contribution is 5.89. The largest absolute Gasteiger partial charge is 0.334 e. The van der Waals surface area contributed by atoms with E-state index in [4.69, 9.17) is 0 Å². The number of anilines is 1. The molecule has 96 valence electrons. The third kappa shape index (κ3) is 3.19. The minimum Gasteiger partial charge on any atom is -0.334 e. The zero-order chi connectivity index (χ0) is 12.8. The van der Waals surface area contributed by atoms with Crippen LogP contribution in [0.1, 0.15) is 32.2 Å². The molecule has 2 heterocycles. The Kier molecular flexibility index (Phi) is 4.11. The molecule has 2 aromatic heterocycles. The van der Waals surface area contributed by atoms with Gasteiger partial charge in [-0.3, -0.25) is 9.89 Å². The van der Waals surface area contributed by atoms with Gasteiger partial charge in [0.1, 0.15) is 5.82 Å². The van der Waals surface area contributed by atoms with Crippen molar-refractivity contribution in [1.82, 2.24) is 19.7 Å². The van der Waals surface area contributed by atoms with Crippen LogP contribution >= 0.6 is 0 Å². The number of carbonyl (C=O) groups is 1. The summed E-state index contributed by atoms with van der Waals surface area (Å²) in [6.45, 7) is 2.11. The van der Waals surface area contributed by atoms with Crippen molar-refractivity contribution < 1.29 is 4.79 Å². The Morgan fingerprint density at radius 1 is 1.56 bits per heavy atom. The van der Waals surface area contributed by atoms with Gasteiger partial charge in [-0.2, -0.15) is 5.10 Å². The lowest BCUT2D eigenvalue weighted by atomic mass is 10.1. The quantitative estimate of drug-likeness (QED) is 0.819. The van der Waals surface area contributed by atoms with Gasteiger partial charge in [-0.25, -0.2) is 4.98 Å². The number of rotatable bonds is 6. The summed E-state index contributed by atoms with van der Waals surface area (Å²) in [4.78, 5) is 15.9. The predicted molar refractivity (Wildman–Crippen MR) is 68.0 cm³/mol. The Bertz CT molecular complexity index is 463. The average Bonchev–Trinajstić information content (AvgIpc) is 3.00. The van der Waals surface area contributed by atoms with Crippen LogP contribution in [0.3, 0.4) is 0 Å². The fourth-order valence-corrected chi connectivity index (χ4v) is 1.92. The van der Waals surface area contributed by atoms with E-state index < -0.39 is 0 Å². The Morgan fingerprint density at radius 2 is 2.44 bits per heavy atom. The highest BCUT2D eigenvalue weighted by atomic mass is 16.1. The molecule has 2 N–H and O–H groups in total. The van der Waals surface area contributed by atoms with Crippen molar-refractivity contribution in [3.05, 3.63) is 31.0 Å². The van der Waals surface area contributed by atoms with E-state index >= 15 is 0 Å². The molecule has 0 fully saturated rings. The summed E-state index contributed by atoms with van der Waals surface area (Å²) < 4.78 is 1.98. The number of hydrogen-bond donors (Lipinski definition) is 2. The van der Waals surface area contributed by atoms with Crippen LogP contribution in [0.4, 0.5) is 5.82 Å². The maximum absolute atomic E-state index is 11.9. The minimum absolute atomic E-state index is 0.0219. The first-order valence-electron chi connectivity index (χ1n) is 6.06.